The molecule has 2 N–H and O–H groups in total. The van der Waals surface area contributed by atoms with Crippen LogP contribution >= 0.6 is 0 Å². The molecule has 2 heterocycles. The van der Waals surface area contributed by atoms with E-state index in [0.717, 1.165) is 15.4 Å². The molecule has 0 bridgehead atoms. The Bertz CT molecular complexity index is 926. The first-order chi connectivity index (χ1) is 11.0. The number of pyridine rings is 1. The quantitative estimate of drug-likeness (QED) is 0.740. The van der Waals surface area contributed by atoms with Gasteiger partial charge in [0, 0.05) is 12.4 Å². The third-order valence-electron chi connectivity index (χ3n) is 3.27. The van der Waals surface area contributed by atoms with Gasteiger partial charge in [-0.15, -0.1) is 0 Å². The maximum atomic E-state index is 12.5. The van der Waals surface area contributed by atoms with E-state index in [1.807, 2.05) is 0 Å². The SMILES string of the molecule is O=C(O)Cn1cc(C(=O)O)c2nn(-c3ccccc3)c(=O)c-2c1. The summed E-state index contributed by atoms with van der Waals surface area (Å²) in [5.74, 6) is -2.43. The number of carbonyl (C=O) groups is 2. The van der Waals surface area contributed by atoms with Crippen LogP contribution in [0.15, 0.2) is 47.5 Å². The number of aromatic nitrogens is 3. The van der Waals surface area contributed by atoms with E-state index in [9.17, 15) is 19.5 Å². The Hall–Kier alpha value is -3.42. The topological polar surface area (TPSA) is 114 Å². The third kappa shape index (κ3) is 2.57. The highest BCUT2D eigenvalue weighted by Gasteiger charge is 2.24. The summed E-state index contributed by atoms with van der Waals surface area (Å²) in [6.07, 6.45) is 2.45. The van der Waals surface area contributed by atoms with Crippen LogP contribution in [0, 0.1) is 0 Å². The lowest BCUT2D eigenvalue weighted by Crippen LogP contribution is -2.16. The van der Waals surface area contributed by atoms with Gasteiger partial charge in [0.15, 0.2) is 0 Å². The van der Waals surface area contributed by atoms with Gasteiger partial charge in [-0.2, -0.15) is 9.78 Å². The number of carboxylic acid groups (broad SMARTS) is 2. The van der Waals surface area contributed by atoms with Gasteiger partial charge in [0.2, 0.25) is 0 Å². The van der Waals surface area contributed by atoms with Crippen molar-refractivity contribution < 1.29 is 19.8 Å². The second-order valence-electron chi connectivity index (χ2n) is 4.86. The smallest absolute Gasteiger partial charge is 0.339 e. The molecule has 3 rings (SSSR count). The van der Waals surface area contributed by atoms with Crippen LogP contribution in [0.4, 0.5) is 0 Å². The van der Waals surface area contributed by atoms with E-state index in [0.29, 0.717) is 5.69 Å². The Morgan fingerprint density at radius 3 is 2.39 bits per heavy atom. The van der Waals surface area contributed by atoms with Crippen molar-refractivity contribution in [3.63, 3.8) is 0 Å². The number of carboxylic acids is 2. The molecular formula is C15H11N3O5. The molecular weight excluding hydrogens is 302 g/mol. The highest BCUT2D eigenvalue weighted by molar-refractivity contribution is 5.94. The van der Waals surface area contributed by atoms with E-state index in [2.05, 4.69) is 5.10 Å². The first kappa shape index (κ1) is 14.5. The Kier molecular flexibility index (Phi) is 3.41. The summed E-state index contributed by atoms with van der Waals surface area (Å²) in [6, 6.07) is 8.56. The van der Waals surface area contributed by atoms with Crippen LogP contribution in [0.25, 0.3) is 16.9 Å². The molecule has 2 aliphatic heterocycles. The van der Waals surface area contributed by atoms with Gasteiger partial charge in [0.25, 0.3) is 5.56 Å². The summed E-state index contributed by atoms with van der Waals surface area (Å²) < 4.78 is 2.24. The maximum absolute atomic E-state index is 12.5. The van der Waals surface area contributed by atoms with Crippen LogP contribution in [0.2, 0.25) is 0 Å². The second kappa shape index (κ2) is 5.41. The Balaban J connectivity index is 2.28. The summed E-state index contributed by atoms with van der Waals surface area (Å²) in [7, 11) is 0. The molecule has 0 spiro atoms. The highest BCUT2D eigenvalue weighted by atomic mass is 16.4. The van der Waals surface area contributed by atoms with E-state index in [4.69, 9.17) is 5.11 Å². The fraction of sp³-hybridized carbons (Fsp3) is 0.0667. The average molecular weight is 313 g/mol. The monoisotopic (exact) mass is 313 g/mol. The lowest BCUT2D eigenvalue weighted by atomic mass is 10.1. The lowest BCUT2D eigenvalue weighted by molar-refractivity contribution is -0.137. The van der Waals surface area contributed by atoms with Crippen LogP contribution in [0.1, 0.15) is 10.4 Å². The van der Waals surface area contributed by atoms with E-state index in [-0.39, 0.29) is 16.8 Å². The van der Waals surface area contributed by atoms with E-state index < -0.39 is 24.0 Å². The summed E-state index contributed by atoms with van der Waals surface area (Å²) in [5, 5.41) is 22.2. The molecule has 0 aromatic heterocycles. The van der Waals surface area contributed by atoms with E-state index in [1.165, 1.54) is 6.20 Å². The van der Waals surface area contributed by atoms with Crippen molar-refractivity contribution in [1.82, 2.24) is 14.3 Å². The van der Waals surface area contributed by atoms with Crippen LogP contribution in [-0.4, -0.2) is 36.5 Å². The first-order valence-electron chi connectivity index (χ1n) is 6.60. The number of aliphatic carboxylic acids is 1. The zero-order chi connectivity index (χ0) is 16.6. The summed E-state index contributed by atoms with van der Waals surface area (Å²) in [5.41, 5.74) is -0.165. The second-order valence-corrected chi connectivity index (χ2v) is 4.86. The number of hydrogen-bond acceptors (Lipinski definition) is 4. The molecule has 8 nitrogen and oxygen atoms in total. The standard InChI is InChI=1S/C15H11N3O5/c19-12(20)8-17-6-10-13(11(7-17)15(22)23)16-18(14(10)21)9-4-2-1-3-5-9/h1-7H,8H2,(H,19,20)(H,22,23). The Labute approximate surface area is 129 Å². The first-order valence-corrected chi connectivity index (χ1v) is 6.60. The van der Waals surface area contributed by atoms with E-state index >= 15 is 0 Å². The molecule has 0 radical (unpaired) electrons. The molecule has 1 aromatic carbocycles. The molecule has 8 heteroatoms. The predicted octanol–water partition coefficient (Wildman–Crippen LogP) is 0.922. The molecule has 0 aliphatic carbocycles. The van der Waals surface area contributed by atoms with Crippen LogP contribution in [-0.2, 0) is 11.3 Å². The average Bonchev–Trinajstić information content (AvgIpc) is 2.84. The fourth-order valence-corrected chi connectivity index (χ4v) is 2.31. The molecule has 23 heavy (non-hydrogen) atoms. The van der Waals surface area contributed by atoms with Gasteiger partial charge in [-0.25, -0.2) is 4.79 Å². The van der Waals surface area contributed by atoms with Crippen molar-refractivity contribution in [3.05, 3.63) is 58.6 Å². The van der Waals surface area contributed by atoms with Crippen molar-refractivity contribution in [2.45, 2.75) is 6.54 Å². The van der Waals surface area contributed by atoms with E-state index in [1.54, 1.807) is 30.3 Å². The predicted molar refractivity (Wildman–Crippen MR) is 79.0 cm³/mol. The van der Waals surface area contributed by atoms with Crippen LogP contribution < -0.4 is 5.56 Å². The number of rotatable bonds is 4. The van der Waals surface area contributed by atoms with Crippen molar-refractivity contribution in [2.75, 3.05) is 0 Å². The summed E-state index contributed by atoms with van der Waals surface area (Å²) in [4.78, 5) is 34.7. The number of benzene rings is 1. The maximum Gasteiger partial charge on any atom is 0.339 e. The normalized spacial score (nSPS) is 10.8. The molecule has 2 aliphatic rings. The molecule has 0 saturated heterocycles. The largest absolute Gasteiger partial charge is 0.480 e. The van der Waals surface area contributed by atoms with Gasteiger partial charge in [-0.1, -0.05) is 18.2 Å². The molecule has 1 aromatic rings. The summed E-state index contributed by atoms with van der Waals surface area (Å²) >= 11 is 0. The molecule has 0 fully saturated rings. The van der Waals surface area contributed by atoms with Gasteiger partial charge in [0.1, 0.15) is 17.8 Å². The highest BCUT2D eigenvalue weighted by Crippen LogP contribution is 2.22. The Morgan fingerprint density at radius 2 is 1.78 bits per heavy atom. The molecule has 116 valence electrons. The molecule has 0 amide bonds. The number of para-hydroxylation sites is 1. The van der Waals surface area contributed by atoms with Crippen molar-refractivity contribution in [3.8, 4) is 16.9 Å². The van der Waals surface area contributed by atoms with Crippen LogP contribution in [0.5, 0.6) is 0 Å². The zero-order valence-electron chi connectivity index (χ0n) is 11.7. The number of hydrogen-bond donors (Lipinski definition) is 2. The Morgan fingerprint density at radius 1 is 1.09 bits per heavy atom. The van der Waals surface area contributed by atoms with Crippen molar-refractivity contribution >= 4 is 11.9 Å². The molecule has 0 unspecified atom stereocenters. The zero-order valence-corrected chi connectivity index (χ0v) is 11.7. The minimum Gasteiger partial charge on any atom is -0.480 e. The van der Waals surface area contributed by atoms with Gasteiger partial charge >= 0.3 is 11.9 Å². The van der Waals surface area contributed by atoms with Gasteiger partial charge < -0.3 is 14.8 Å². The fourth-order valence-electron chi connectivity index (χ4n) is 2.31. The number of fused-ring (bicyclic) bond motifs is 1. The van der Waals surface area contributed by atoms with Crippen LogP contribution in [0.3, 0.4) is 0 Å². The number of nitrogens with zero attached hydrogens (tertiary/aromatic N) is 3. The van der Waals surface area contributed by atoms with Gasteiger partial charge in [-0.3, -0.25) is 9.59 Å². The minimum absolute atomic E-state index is 0.0213. The molecule has 0 saturated carbocycles. The third-order valence-corrected chi connectivity index (χ3v) is 3.27. The molecule has 0 atom stereocenters. The summed E-state index contributed by atoms with van der Waals surface area (Å²) in [6.45, 7) is -0.452. The van der Waals surface area contributed by atoms with Gasteiger partial charge in [-0.05, 0) is 12.1 Å². The van der Waals surface area contributed by atoms with Gasteiger partial charge in [0.05, 0.1) is 11.3 Å². The van der Waals surface area contributed by atoms with Crippen molar-refractivity contribution in [2.24, 2.45) is 0 Å². The van der Waals surface area contributed by atoms with Crippen molar-refractivity contribution in [1.29, 1.82) is 0 Å². The lowest BCUT2D eigenvalue weighted by Gasteiger charge is -2.07. The number of aromatic carboxylic acids is 1. The minimum atomic E-state index is -1.28.